The summed E-state index contributed by atoms with van der Waals surface area (Å²) < 4.78 is 19.0. The van der Waals surface area contributed by atoms with Crippen molar-refractivity contribution in [3.05, 3.63) is 0 Å². The fraction of sp³-hybridized carbons (Fsp3) is 1.00. The molecule has 115 valence electrons. The first-order chi connectivity index (χ1) is 8.39. The van der Waals surface area contributed by atoms with Gasteiger partial charge >= 0.3 is 17.1 Å². The molecule has 0 amide bonds. The Labute approximate surface area is 130 Å². The van der Waals surface area contributed by atoms with E-state index in [2.05, 4.69) is 65.0 Å². The van der Waals surface area contributed by atoms with Crippen LogP contribution in [0.2, 0.25) is 58.4 Å². The van der Waals surface area contributed by atoms with Crippen molar-refractivity contribution in [1.82, 2.24) is 0 Å². The molecule has 0 N–H and O–H groups in total. The van der Waals surface area contributed by atoms with Gasteiger partial charge in [-0.25, -0.2) is 0 Å². The van der Waals surface area contributed by atoms with Crippen LogP contribution in [-0.2, 0) is 12.3 Å². The van der Waals surface area contributed by atoms with Crippen LogP contribution >= 0.6 is 12.6 Å². The zero-order valence-electron chi connectivity index (χ0n) is 13.8. The molecular formula is C11H31O3SSi4. The van der Waals surface area contributed by atoms with Gasteiger partial charge in [-0.1, -0.05) is 0 Å². The van der Waals surface area contributed by atoms with E-state index in [0.717, 1.165) is 18.2 Å². The highest BCUT2D eigenvalue weighted by molar-refractivity contribution is 7.80. The topological polar surface area (TPSA) is 27.7 Å². The Morgan fingerprint density at radius 1 is 0.947 bits per heavy atom. The van der Waals surface area contributed by atoms with Gasteiger partial charge in [-0.2, -0.15) is 12.6 Å². The van der Waals surface area contributed by atoms with Gasteiger partial charge in [0.1, 0.15) is 0 Å². The molecular weight excluding hydrogens is 325 g/mol. The van der Waals surface area contributed by atoms with Crippen molar-refractivity contribution in [1.29, 1.82) is 0 Å². The lowest BCUT2D eigenvalue weighted by Crippen LogP contribution is -2.55. The lowest BCUT2D eigenvalue weighted by atomic mass is 10.6. The van der Waals surface area contributed by atoms with Gasteiger partial charge in [-0.05, 0) is 70.6 Å². The van der Waals surface area contributed by atoms with Gasteiger partial charge in [-0.3, -0.25) is 0 Å². The molecule has 0 bridgehead atoms. The maximum Gasteiger partial charge on any atom is 0.315 e. The van der Waals surface area contributed by atoms with Crippen LogP contribution < -0.4 is 0 Å². The van der Waals surface area contributed by atoms with E-state index in [1.165, 1.54) is 0 Å². The first kappa shape index (κ1) is 20.1. The summed E-state index contributed by atoms with van der Waals surface area (Å²) in [5, 5.41) is 0. The highest BCUT2D eigenvalue weighted by Crippen LogP contribution is 2.25. The quantitative estimate of drug-likeness (QED) is 0.496. The third kappa shape index (κ3) is 10.5. The third-order valence-electron chi connectivity index (χ3n) is 2.22. The molecule has 0 aromatic rings. The molecule has 1 unspecified atom stereocenters. The van der Waals surface area contributed by atoms with Crippen LogP contribution in [0.1, 0.15) is 6.42 Å². The molecule has 0 saturated heterocycles. The van der Waals surface area contributed by atoms with Crippen molar-refractivity contribution < 1.29 is 12.3 Å². The lowest BCUT2D eigenvalue weighted by Gasteiger charge is -2.39. The fourth-order valence-electron chi connectivity index (χ4n) is 2.23. The highest BCUT2D eigenvalue weighted by Gasteiger charge is 2.42. The SMILES string of the molecule is C[Si](C)O[Si](C)(CCCS)O[Si](C)(C)O[Si](C)(C)C. The predicted octanol–water partition coefficient (Wildman–Crippen LogP) is 4.22. The van der Waals surface area contributed by atoms with Gasteiger partial charge in [0, 0.05) is 0 Å². The van der Waals surface area contributed by atoms with E-state index in [1.54, 1.807) is 0 Å². The molecule has 0 saturated carbocycles. The molecule has 0 rings (SSSR count). The minimum Gasteiger partial charge on any atom is -0.437 e. The Hall–Kier alpha value is 1.10. The lowest BCUT2D eigenvalue weighted by molar-refractivity contribution is 0.328. The summed E-state index contributed by atoms with van der Waals surface area (Å²) in [7, 11) is -6.53. The van der Waals surface area contributed by atoms with Crippen molar-refractivity contribution in [2.75, 3.05) is 5.75 Å². The molecule has 1 radical (unpaired) electrons. The van der Waals surface area contributed by atoms with Crippen LogP contribution in [0, 0.1) is 0 Å². The summed E-state index contributed by atoms with van der Waals surface area (Å²) in [4.78, 5) is 0. The van der Waals surface area contributed by atoms with Crippen LogP contribution in [0.4, 0.5) is 0 Å². The summed E-state index contributed by atoms with van der Waals surface area (Å²) >= 11 is 4.31. The Bertz CT molecular complexity index is 271. The molecule has 0 heterocycles. The minimum atomic E-state index is -2.11. The number of rotatable bonds is 9. The molecule has 3 nitrogen and oxygen atoms in total. The standard InChI is InChI=1S/C11H31O3SSi4/c1-16(2)12-19(8,11-9-10-15)14-18(6,7)13-17(3,4)5/h15H,9-11H2,1-8H3. The second kappa shape index (κ2) is 7.92. The zero-order valence-corrected chi connectivity index (χ0v) is 18.7. The van der Waals surface area contributed by atoms with Crippen molar-refractivity contribution in [3.63, 3.8) is 0 Å². The molecule has 8 heteroatoms. The second-order valence-electron chi connectivity index (χ2n) is 6.69. The van der Waals surface area contributed by atoms with E-state index in [1.807, 2.05) is 0 Å². The van der Waals surface area contributed by atoms with E-state index in [9.17, 15) is 0 Å². The van der Waals surface area contributed by atoms with Gasteiger partial charge in [0.15, 0.2) is 17.4 Å². The maximum atomic E-state index is 6.47. The van der Waals surface area contributed by atoms with E-state index >= 15 is 0 Å². The molecule has 0 fully saturated rings. The van der Waals surface area contributed by atoms with Crippen LogP contribution in [0.25, 0.3) is 0 Å². The summed E-state index contributed by atoms with van der Waals surface area (Å²) in [5.74, 6) is 0.891. The predicted molar refractivity (Wildman–Crippen MR) is 96.5 cm³/mol. The van der Waals surface area contributed by atoms with Crippen molar-refractivity contribution in [2.45, 2.75) is 64.8 Å². The molecule has 0 spiro atoms. The van der Waals surface area contributed by atoms with Gasteiger partial charge < -0.3 is 12.3 Å². The monoisotopic (exact) mass is 355 g/mol. The fourth-order valence-corrected chi connectivity index (χ4v) is 18.9. The molecule has 1 atom stereocenters. The molecule has 0 aliphatic rings. The molecule has 0 aromatic carbocycles. The number of hydrogen-bond acceptors (Lipinski definition) is 4. The van der Waals surface area contributed by atoms with Crippen LogP contribution in [-0.4, -0.2) is 40.2 Å². The average molecular weight is 356 g/mol. The number of thiol groups is 1. The number of hydrogen-bond donors (Lipinski definition) is 1. The largest absolute Gasteiger partial charge is 0.437 e. The van der Waals surface area contributed by atoms with Crippen molar-refractivity contribution >= 4 is 47.1 Å². The summed E-state index contributed by atoms with van der Waals surface area (Å²) in [6.45, 7) is 17.5. The van der Waals surface area contributed by atoms with Crippen LogP contribution in [0.3, 0.4) is 0 Å². The summed E-state index contributed by atoms with van der Waals surface area (Å²) in [5.41, 5.74) is 0. The van der Waals surface area contributed by atoms with Crippen molar-refractivity contribution in [3.8, 4) is 0 Å². The first-order valence-corrected chi connectivity index (χ1v) is 18.7. The molecule has 0 aromatic heterocycles. The van der Waals surface area contributed by atoms with Gasteiger partial charge in [0.25, 0.3) is 0 Å². The van der Waals surface area contributed by atoms with E-state index in [0.29, 0.717) is 0 Å². The van der Waals surface area contributed by atoms with Gasteiger partial charge in [0.2, 0.25) is 0 Å². The summed E-state index contributed by atoms with van der Waals surface area (Å²) in [6.07, 6.45) is 1.05. The van der Waals surface area contributed by atoms with E-state index in [4.69, 9.17) is 12.3 Å². The third-order valence-corrected chi connectivity index (χ3v) is 15.3. The first-order valence-electron chi connectivity index (χ1n) is 6.89. The van der Waals surface area contributed by atoms with E-state index in [-0.39, 0.29) is 0 Å². The highest BCUT2D eigenvalue weighted by atomic mass is 32.1. The molecule has 0 aliphatic heterocycles. The Morgan fingerprint density at radius 2 is 1.47 bits per heavy atom. The smallest absolute Gasteiger partial charge is 0.315 e. The minimum absolute atomic E-state index is 0.746. The maximum absolute atomic E-state index is 6.47. The van der Waals surface area contributed by atoms with Gasteiger partial charge in [0.05, 0.1) is 0 Å². The Morgan fingerprint density at radius 3 is 1.84 bits per heavy atom. The van der Waals surface area contributed by atoms with Crippen LogP contribution in [0.15, 0.2) is 0 Å². The molecule has 19 heavy (non-hydrogen) atoms. The normalized spacial score (nSPS) is 16.7. The average Bonchev–Trinajstić information content (AvgIpc) is 2.07. The van der Waals surface area contributed by atoms with Crippen LogP contribution in [0.5, 0.6) is 0 Å². The Kier molecular flexibility index (Phi) is 8.38. The van der Waals surface area contributed by atoms with Gasteiger partial charge in [-0.15, -0.1) is 0 Å². The van der Waals surface area contributed by atoms with E-state index < -0.39 is 34.5 Å². The summed E-state index contributed by atoms with van der Waals surface area (Å²) in [6, 6.07) is 1.01. The molecule has 0 aliphatic carbocycles. The zero-order chi connectivity index (χ0) is 15.3. The Balaban J connectivity index is 4.78. The second-order valence-corrected chi connectivity index (χ2v) is 21.2. The van der Waals surface area contributed by atoms with Crippen molar-refractivity contribution in [2.24, 2.45) is 0 Å².